The van der Waals surface area contributed by atoms with E-state index >= 15 is 0 Å². The molecule has 0 amide bonds. The first-order chi connectivity index (χ1) is 10.3. The van der Waals surface area contributed by atoms with Gasteiger partial charge in [-0.2, -0.15) is 0 Å². The highest BCUT2D eigenvalue weighted by molar-refractivity contribution is 7.51. The Hall–Kier alpha value is -0.830. The number of rotatable bonds is 8. The molecule has 5 heteroatoms. The zero-order valence-electron chi connectivity index (χ0n) is 14.3. The predicted octanol–water partition coefficient (Wildman–Crippen LogP) is 5.14. The van der Waals surface area contributed by atoms with Crippen molar-refractivity contribution in [1.29, 1.82) is 0 Å². The zero-order valence-corrected chi connectivity index (χ0v) is 15.2. The van der Waals surface area contributed by atoms with Crippen molar-refractivity contribution in [2.75, 3.05) is 6.61 Å². The Morgan fingerprint density at radius 2 is 1.55 bits per heavy atom. The Labute approximate surface area is 134 Å². The molecule has 3 unspecified atom stereocenters. The molecular formula is C17H29O4P. The van der Waals surface area contributed by atoms with Crippen LogP contribution in [-0.4, -0.2) is 16.6 Å². The van der Waals surface area contributed by atoms with Gasteiger partial charge in [0, 0.05) is 0 Å². The van der Waals surface area contributed by atoms with Gasteiger partial charge in [0.1, 0.15) is 5.75 Å². The summed E-state index contributed by atoms with van der Waals surface area (Å²) in [5.41, 5.74) is 2.46. The second-order valence-corrected chi connectivity index (χ2v) is 7.80. The topological polar surface area (TPSA) is 66.8 Å². The summed E-state index contributed by atoms with van der Waals surface area (Å²) in [6, 6.07) is 3.69. The fraction of sp³-hybridized carbons (Fsp3) is 0.647. The van der Waals surface area contributed by atoms with E-state index in [1.807, 2.05) is 12.1 Å². The third-order valence-corrected chi connectivity index (χ3v) is 5.65. The van der Waals surface area contributed by atoms with E-state index in [4.69, 9.17) is 4.52 Å². The molecule has 0 aliphatic carbocycles. The minimum Gasteiger partial charge on any atom is -0.507 e. The maximum Gasteiger partial charge on any atom is 0.332 e. The van der Waals surface area contributed by atoms with Gasteiger partial charge in [-0.1, -0.05) is 39.8 Å². The van der Waals surface area contributed by atoms with Gasteiger partial charge < -0.3 is 14.5 Å². The van der Waals surface area contributed by atoms with Gasteiger partial charge in [-0.25, -0.2) is 0 Å². The summed E-state index contributed by atoms with van der Waals surface area (Å²) in [4.78, 5) is 9.88. The number of hydrogen-bond donors (Lipinski definition) is 2. The first-order valence-electron chi connectivity index (χ1n) is 8.07. The van der Waals surface area contributed by atoms with Gasteiger partial charge in [0.2, 0.25) is 0 Å². The summed E-state index contributed by atoms with van der Waals surface area (Å²) < 4.78 is 17.0. The summed E-state index contributed by atoms with van der Waals surface area (Å²) in [6.07, 6.45) is 1.78. The average molecular weight is 328 g/mol. The second-order valence-electron chi connectivity index (χ2n) is 5.95. The lowest BCUT2D eigenvalue weighted by Crippen LogP contribution is -2.02. The molecule has 2 N–H and O–H groups in total. The zero-order chi connectivity index (χ0) is 16.9. The third-order valence-electron chi connectivity index (χ3n) is 4.23. The molecule has 0 saturated heterocycles. The molecule has 0 heterocycles. The SMILES string of the molecule is CCOP(=O)(O)Cc1cc(C(C)CC)c(O)c(C(C)CC)c1. The lowest BCUT2D eigenvalue weighted by Gasteiger charge is -2.21. The van der Waals surface area contributed by atoms with Gasteiger partial charge >= 0.3 is 7.60 Å². The van der Waals surface area contributed by atoms with Crippen LogP contribution in [0.15, 0.2) is 12.1 Å². The summed E-state index contributed by atoms with van der Waals surface area (Å²) in [7, 11) is -3.63. The quantitative estimate of drug-likeness (QED) is 0.648. The molecule has 22 heavy (non-hydrogen) atoms. The largest absolute Gasteiger partial charge is 0.507 e. The number of benzene rings is 1. The van der Waals surface area contributed by atoms with Crippen molar-refractivity contribution in [3.63, 3.8) is 0 Å². The van der Waals surface area contributed by atoms with Crippen molar-refractivity contribution in [3.8, 4) is 5.75 Å². The normalized spacial score (nSPS) is 17.0. The van der Waals surface area contributed by atoms with Gasteiger partial charge in [-0.15, -0.1) is 0 Å². The molecule has 0 bridgehead atoms. The van der Waals surface area contributed by atoms with Crippen LogP contribution in [0.5, 0.6) is 5.75 Å². The van der Waals surface area contributed by atoms with E-state index in [2.05, 4.69) is 27.7 Å². The van der Waals surface area contributed by atoms with Gasteiger partial charge in [-0.3, -0.25) is 4.57 Å². The van der Waals surface area contributed by atoms with Crippen molar-refractivity contribution in [2.45, 2.75) is 65.5 Å². The van der Waals surface area contributed by atoms with Gasteiger partial charge in [-0.05, 0) is 48.3 Å². The molecule has 0 aliphatic heterocycles. The van der Waals surface area contributed by atoms with E-state index in [1.165, 1.54) is 0 Å². The lowest BCUT2D eigenvalue weighted by atomic mass is 9.88. The predicted molar refractivity (Wildman–Crippen MR) is 90.7 cm³/mol. The summed E-state index contributed by atoms with van der Waals surface area (Å²) >= 11 is 0. The molecule has 1 aromatic carbocycles. The minimum absolute atomic E-state index is 0.0199. The van der Waals surface area contributed by atoms with Crippen LogP contribution in [0.2, 0.25) is 0 Å². The highest BCUT2D eigenvalue weighted by Crippen LogP contribution is 2.47. The van der Waals surface area contributed by atoms with Crippen molar-refractivity contribution in [3.05, 3.63) is 28.8 Å². The monoisotopic (exact) mass is 328 g/mol. The first-order valence-corrected chi connectivity index (χ1v) is 9.83. The van der Waals surface area contributed by atoms with Crippen LogP contribution in [0.4, 0.5) is 0 Å². The van der Waals surface area contributed by atoms with E-state index in [0.29, 0.717) is 5.75 Å². The van der Waals surface area contributed by atoms with Crippen LogP contribution in [0, 0.1) is 0 Å². The van der Waals surface area contributed by atoms with Crippen molar-refractivity contribution in [1.82, 2.24) is 0 Å². The molecule has 3 atom stereocenters. The lowest BCUT2D eigenvalue weighted by molar-refractivity contribution is 0.272. The number of aromatic hydroxyl groups is 1. The molecule has 0 aromatic heterocycles. The molecular weight excluding hydrogens is 299 g/mol. The molecule has 1 aromatic rings. The number of phenolic OH excluding ortho intramolecular Hbond substituents is 1. The van der Waals surface area contributed by atoms with Gasteiger partial charge in [0.15, 0.2) is 0 Å². The Morgan fingerprint density at radius 1 is 1.09 bits per heavy atom. The standard InChI is InChI=1S/C17H29O4P/c1-6-12(4)15-9-14(11-22(19,20)21-8-3)10-16(17(15)18)13(5)7-2/h9-10,12-13,18H,6-8,11H2,1-5H3,(H,19,20). The maximum atomic E-state index is 12.0. The Kier molecular flexibility index (Phi) is 7.11. The second kappa shape index (κ2) is 8.14. The maximum absolute atomic E-state index is 12.0. The van der Waals surface area contributed by atoms with Crippen LogP contribution in [0.3, 0.4) is 0 Å². The van der Waals surface area contributed by atoms with Crippen molar-refractivity contribution in [2.24, 2.45) is 0 Å². The minimum atomic E-state index is -3.63. The first kappa shape index (κ1) is 19.2. The molecule has 0 fully saturated rings. The molecule has 1 rings (SSSR count). The van der Waals surface area contributed by atoms with E-state index in [1.54, 1.807) is 6.92 Å². The van der Waals surface area contributed by atoms with Crippen LogP contribution >= 0.6 is 7.60 Å². The van der Waals surface area contributed by atoms with E-state index in [9.17, 15) is 14.6 Å². The van der Waals surface area contributed by atoms with Crippen LogP contribution in [0.25, 0.3) is 0 Å². The number of phenols is 1. The van der Waals surface area contributed by atoms with Crippen LogP contribution in [-0.2, 0) is 15.3 Å². The molecule has 0 spiro atoms. The fourth-order valence-electron chi connectivity index (χ4n) is 2.51. The smallest absolute Gasteiger partial charge is 0.332 e. The summed E-state index contributed by atoms with van der Waals surface area (Å²) in [5, 5.41) is 10.6. The Balaban J connectivity index is 3.31. The van der Waals surface area contributed by atoms with E-state index in [-0.39, 0.29) is 24.6 Å². The number of hydrogen-bond acceptors (Lipinski definition) is 3. The Bertz CT molecular complexity index is 510. The Morgan fingerprint density at radius 3 is 1.91 bits per heavy atom. The molecule has 4 nitrogen and oxygen atoms in total. The third kappa shape index (κ3) is 4.84. The van der Waals surface area contributed by atoms with Gasteiger partial charge in [0.25, 0.3) is 0 Å². The average Bonchev–Trinajstić information content (AvgIpc) is 2.46. The van der Waals surface area contributed by atoms with Crippen LogP contribution in [0.1, 0.15) is 76.0 Å². The van der Waals surface area contributed by atoms with Gasteiger partial charge in [0.05, 0.1) is 12.8 Å². The molecule has 126 valence electrons. The molecule has 0 aliphatic rings. The highest BCUT2D eigenvalue weighted by Gasteiger charge is 2.23. The highest BCUT2D eigenvalue weighted by atomic mass is 31.2. The van der Waals surface area contributed by atoms with Crippen LogP contribution < -0.4 is 0 Å². The van der Waals surface area contributed by atoms with E-state index < -0.39 is 7.60 Å². The summed E-state index contributed by atoms with van der Waals surface area (Å²) in [5.74, 6) is 0.734. The summed E-state index contributed by atoms with van der Waals surface area (Å²) in [6.45, 7) is 10.2. The molecule has 0 saturated carbocycles. The van der Waals surface area contributed by atoms with Crippen molar-refractivity contribution >= 4 is 7.60 Å². The van der Waals surface area contributed by atoms with Crippen molar-refractivity contribution < 1.29 is 19.1 Å². The molecule has 0 radical (unpaired) electrons. The van der Waals surface area contributed by atoms with E-state index in [0.717, 1.165) is 29.5 Å². The fourth-order valence-corrected chi connectivity index (χ4v) is 3.64.